The van der Waals surface area contributed by atoms with Gasteiger partial charge in [0.2, 0.25) is 5.91 Å². The normalized spacial score (nSPS) is 21.2. The van der Waals surface area contributed by atoms with Crippen LogP contribution >= 0.6 is 15.9 Å². The highest BCUT2D eigenvalue weighted by molar-refractivity contribution is 9.10. The third-order valence-corrected chi connectivity index (χ3v) is 5.48. The van der Waals surface area contributed by atoms with Crippen LogP contribution in [-0.4, -0.2) is 23.5 Å². The number of rotatable bonds is 5. The molecule has 2 aliphatic carbocycles. The van der Waals surface area contributed by atoms with Crippen molar-refractivity contribution in [2.75, 3.05) is 6.54 Å². The average molecular weight is 352 g/mol. The van der Waals surface area contributed by atoms with Gasteiger partial charge in [-0.1, -0.05) is 34.5 Å². The van der Waals surface area contributed by atoms with E-state index in [9.17, 15) is 9.59 Å². The number of benzene rings is 1. The predicted molar refractivity (Wildman–Crippen MR) is 82.0 cm³/mol. The molecule has 0 heterocycles. The maximum Gasteiger partial charge on any atom is 0.319 e. The molecule has 1 aromatic carbocycles. The number of hydrogen-bond acceptors (Lipinski definition) is 2. The number of carbonyl (C=O) groups is 2. The molecule has 0 saturated heterocycles. The number of carbonyl (C=O) groups excluding carboxylic acids is 1. The van der Waals surface area contributed by atoms with E-state index in [-0.39, 0.29) is 11.3 Å². The Balaban J connectivity index is 1.69. The van der Waals surface area contributed by atoms with Crippen LogP contribution in [0.25, 0.3) is 0 Å². The van der Waals surface area contributed by atoms with E-state index in [1.54, 1.807) is 0 Å². The van der Waals surface area contributed by atoms with Gasteiger partial charge in [-0.3, -0.25) is 9.59 Å². The fourth-order valence-corrected chi connectivity index (χ4v) is 3.32. The van der Waals surface area contributed by atoms with Gasteiger partial charge in [0.1, 0.15) is 5.41 Å². The Morgan fingerprint density at radius 2 is 1.76 bits per heavy atom. The minimum Gasteiger partial charge on any atom is -0.480 e. The van der Waals surface area contributed by atoms with Gasteiger partial charge in [0.15, 0.2) is 0 Å². The molecule has 0 atom stereocenters. The van der Waals surface area contributed by atoms with Crippen molar-refractivity contribution in [3.63, 3.8) is 0 Å². The van der Waals surface area contributed by atoms with Gasteiger partial charge < -0.3 is 10.4 Å². The highest BCUT2D eigenvalue weighted by Crippen LogP contribution is 2.47. The summed E-state index contributed by atoms with van der Waals surface area (Å²) in [7, 11) is 0. The summed E-state index contributed by atoms with van der Waals surface area (Å²) in [5.74, 6) is -1.32. The number of halogens is 1. The van der Waals surface area contributed by atoms with Crippen LogP contribution in [0.2, 0.25) is 0 Å². The Bertz CT molecular complexity index is 574. The zero-order valence-electron chi connectivity index (χ0n) is 11.7. The van der Waals surface area contributed by atoms with Crippen molar-refractivity contribution in [1.82, 2.24) is 5.32 Å². The van der Waals surface area contributed by atoms with Crippen LogP contribution in [0, 0.1) is 5.41 Å². The quantitative estimate of drug-likeness (QED) is 0.801. The Morgan fingerprint density at radius 3 is 2.19 bits per heavy atom. The molecule has 2 fully saturated rings. The van der Waals surface area contributed by atoms with Crippen molar-refractivity contribution < 1.29 is 14.7 Å². The van der Waals surface area contributed by atoms with Gasteiger partial charge in [0.05, 0.1) is 0 Å². The van der Waals surface area contributed by atoms with Crippen molar-refractivity contribution in [3.8, 4) is 0 Å². The van der Waals surface area contributed by atoms with Crippen LogP contribution in [0.15, 0.2) is 28.7 Å². The minimum absolute atomic E-state index is 0.0229. The van der Waals surface area contributed by atoms with Gasteiger partial charge in [-0.15, -0.1) is 0 Å². The predicted octanol–water partition coefficient (Wildman–Crippen LogP) is 2.85. The van der Waals surface area contributed by atoms with E-state index in [0.29, 0.717) is 19.4 Å². The standard InChI is InChI=1S/C16H18BrNO3/c17-12-4-2-11(3-5-12)15(6-1-7-15)10-18-13(19)16(8-9-16)14(20)21/h2-5H,1,6-10H2,(H,18,19)(H,20,21). The maximum atomic E-state index is 12.1. The molecule has 0 aliphatic heterocycles. The molecule has 1 aromatic rings. The smallest absolute Gasteiger partial charge is 0.319 e. The lowest BCUT2D eigenvalue weighted by Crippen LogP contribution is -2.48. The summed E-state index contributed by atoms with van der Waals surface area (Å²) >= 11 is 3.43. The van der Waals surface area contributed by atoms with E-state index in [1.807, 2.05) is 12.1 Å². The molecule has 112 valence electrons. The summed E-state index contributed by atoms with van der Waals surface area (Å²) in [6.07, 6.45) is 4.14. The lowest BCUT2D eigenvalue weighted by molar-refractivity contribution is -0.149. The van der Waals surface area contributed by atoms with Crippen LogP contribution in [0.5, 0.6) is 0 Å². The number of nitrogens with one attached hydrogen (secondary N) is 1. The summed E-state index contributed by atoms with van der Waals surface area (Å²) in [5.41, 5.74) is 0.0488. The molecule has 2 aliphatic rings. The highest BCUT2D eigenvalue weighted by atomic mass is 79.9. The average Bonchev–Trinajstić information content (AvgIpc) is 3.20. The summed E-state index contributed by atoms with van der Waals surface area (Å²) in [4.78, 5) is 23.3. The molecular formula is C16H18BrNO3. The summed E-state index contributed by atoms with van der Waals surface area (Å²) < 4.78 is 1.03. The van der Waals surface area contributed by atoms with Gasteiger partial charge in [0.25, 0.3) is 0 Å². The topological polar surface area (TPSA) is 66.4 Å². The van der Waals surface area contributed by atoms with Gasteiger partial charge in [-0.2, -0.15) is 0 Å². The van der Waals surface area contributed by atoms with Gasteiger partial charge in [-0.05, 0) is 43.4 Å². The van der Waals surface area contributed by atoms with E-state index in [0.717, 1.165) is 23.7 Å². The zero-order chi connectivity index (χ0) is 15.1. The number of carboxylic acids is 1. The molecular weight excluding hydrogens is 334 g/mol. The van der Waals surface area contributed by atoms with Crippen LogP contribution in [0.3, 0.4) is 0 Å². The first-order chi connectivity index (χ1) is 9.98. The monoisotopic (exact) mass is 351 g/mol. The van der Waals surface area contributed by atoms with Crippen LogP contribution in [0.1, 0.15) is 37.7 Å². The third kappa shape index (κ3) is 2.48. The van der Waals surface area contributed by atoms with Crippen molar-refractivity contribution >= 4 is 27.8 Å². The molecule has 2 N–H and O–H groups in total. The van der Waals surface area contributed by atoms with E-state index in [2.05, 4.69) is 33.4 Å². The van der Waals surface area contributed by atoms with Crippen LogP contribution in [-0.2, 0) is 15.0 Å². The molecule has 2 saturated carbocycles. The number of carboxylic acid groups (broad SMARTS) is 1. The summed E-state index contributed by atoms with van der Waals surface area (Å²) in [6.45, 7) is 0.530. The van der Waals surface area contributed by atoms with Crippen molar-refractivity contribution in [2.45, 2.75) is 37.5 Å². The molecule has 5 heteroatoms. The molecule has 0 unspecified atom stereocenters. The molecule has 3 rings (SSSR count). The second-order valence-corrected chi connectivity index (χ2v) is 7.13. The van der Waals surface area contributed by atoms with Gasteiger partial charge >= 0.3 is 5.97 Å². The number of aliphatic carboxylic acids is 1. The Labute approximate surface area is 132 Å². The minimum atomic E-state index is -1.15. The van der Waals surface area contributed by atoms with Crippen molar-refractivity contribution in [3.05, 3.63) is 34.3 Å². The van der Waals surface area contributed by atoms with Crippen LogP contribution in [0.4, 0.5) is 0 Å². The molecule has 1 amide bonds. The zero-order valence-corrected chi connectivity index (χ0v) is 13.3. The first-order valence-corrected chi connectivity index (χ1v) is 8.06. The summed E-state index contributed by atoms with van der Waals surface area (Å²) in [6, 6.07) is 8.19. The number of amides is 1. The Kier molecular flexibility index (Phi) is 3.56. The first kappa shape index (κ1) is 14.6. The fraction of sp³-hybridized carbons (Fsp3) is 0.500. The molecule has 21 heavy (non-hydrogen) atoms. The third-order valence-electron chi connectivity index (χ3n) is 4.95. The molecule has 0 radical (unpaired) electrons. The van der Waals surface area contributed by atoms with E-state index >= 15 is 0 Å². The van der Waals surface area contributed by atoms with E-state index in [4.69, 9.17) is 5.11 Å². The Morgan fingerprint density at radius 1 is 1.14 bits per heavy atom. The molecule has 0 aromatic heterocycles. The van der Waals surface area contributed by atoms with Crippen molar-refractivity contribution in [1.29, 1.82) is 0 Å². The van der Waals surface area contributed by atoms with E-state index < -0.39 is 11.4 Å². The molecule has 4 nitrogen and oxygen atoms in total. The Hall–Kier alpha value is -1.36. The maximum absolute atomic E-state index is 12.1. The number of hydrogen-bond donors (Lipinski definition) is 2. The molecule has 0 spiro atoms. The fourth-order valence-electron chi connectivity index (χ4n) is 3.06. The van der Waals surface area contributed by atoms with Crippen LogP contribution < -0.4 is 5.32 Å². The highest BCUT2D eigenvalue weighted by Gasteiger charge is 2.57. The van der Waals surface area contributed by atoms with E-state index in [1.165, 1.54) is 5.56 Å². The molecule has 0 bridgehead atoms. The summed E-state index contributed by atoms with van der Waals surface area (Å²) in [5, 5.41) is 12.0. The second kappa shape index (κ2) is 5.13. The first-order valence-electron chi connectivity index (χ1n) is 7.26. The lowest BCUT2D eigenvalue weighted by atomic mass is 9.64. The lowest BCUT2D eigenvalue weighted by Gasteiger charge is -2.43. The van der Waals surface area contributed by atoms with Gasteiger partial charge in [0, 0.05) is 16.4 Å². The van der Waals surface area contributed by atoms with Gasteiger partial charge in [-0.25, -0.2) is 0 Å². The largest absolute Gasteiger partial charge is 0.480 e. The van der Waals surface area contributed by atoms with Crippen molar-refractivity contribution in [2.24, 2.45) is 5.41 Å². The SMILES string of the molecule is O=C(O)C1(C(=O)NCC2(c3ccc(Br)cc3)CCC2)CC1. The second-order valence-electron chi connectivity index (χ2n) is 6.21.